The highest BCUT2D eigenvalue weighted by molar-refractivity contribution is 6.24. The van der Waals surface area contributed by atoms with Crippen LogP contribution in [0, 0.1) is 16.0 Å². The SMILES string of the molecule is CCOc1ccccc1N1C(=O)C2ON(c3ccccc3)C(c3ccccc3[N+](=O)[O-])C2C1=O. The van der Waals surface area contributed by atoms with Crippen molar-refractivity contribution in [1.82, 2.24) is 0 Å². The van der Waals surface area contributed by atoms with Gasteiger partial charge in [0.05, 0.1) is 28.5 Å². The number of nitro benzene ring substituents is 1. The Balaban J connectivity index is 1.63. The fraction of sp³-hybridized carbons (Fsp3) is 0.200. The average molecular weight is 459 g/mol. The lowest BCUT2D eigenvalue weighted by atomic mass is 9.89. The van der Waals surface area contributed by atoms with E-state index in [1.807, 2.05) is 13.0 Å². The molecule has 3 unspecified atom stereocenters. The summed E-state index contributed by atoms with van der Waals surface area (Å²) in [5.74, 6) is -1.62. The maximum Gasteiger partial charge on any atom is 0.274 e. The molecule has 0 aliphatic carbocycles. The normalized spacial score (nSPS) is 21.6. The highest BCUT2D eigenvalue weighted by Crippen LogP contribution is 2.50. The molecule has 9 nitrogen and oxygen atoms in total. The Bertz CT molecular complexity index is 1260. The number of carbonyl (C=O) groups is 2. The van der Waals surface area contributed by atoms with Crippen LogP contribution in [-0.2, 0) is 14.4 Å². The highest BCUT2D eigenvalue weighted by atomic mass is 16.7. The first-order valence-corrected chi connectivity index (χ1v) is 10.9. The molecule has 2 saturated heterocycles. The van der Waals surface area contributed by atoms with Crippen molar-refractivity contribution in [1.29, 1.82) is 0 Å². The molecule has 3 aromatic carbocycles. The number of hydrogen-bond donors (Lipinski definition) is 0. The van der Waals surface area contributed by atoms with Crippen molar-refractivity contribution in [2.24, 2.45) is 5.92 Å². The van der Waals surface area contributed by atoms with Gasteiger partial charge in [-0.25, -0.2) is 9.96 Å². The molecule has 0 bridgehead atoms. The Morgan fingerprint density at radius 1 is 0.941 bits per heavy atom. The Kier molecular flexibility index (Phi) is 5.46. The first-order chi connectivity index (χ1) is 16.5. The van der Waals surface area contributed by atoms with E-state index in [0.717, 1.165) is 4.90 Å². The van der Waals surface area contributed by atoms with Crippen molar-refractivity contribution in [3.8, 4) is 5.75 Å². The predicted molar refractivity (Wildman–Crippen MR) is 123 cm³/mol. The van der Waals surface area contributed by atoms with Gasteiger partial charge in [0.1, 0.15) is 17.7 Å². The van der Waals surface area contributed by atoms with Gasteiger partial charge in [-0.2, -0.15) is 0 Å². The molecule has 2 heterocycles. The van der Waals surface area contributed by atoms with Gasteiger partial charge in [0, 0.05) is 6.07 Å². The number of nitro groups is 1. The van der Waals surface area contributed by atoms with Crippen molar-refractivity contribution in [2.45, 2.75) is 19.1 Å². The molecular weight excluding hydrogens is 438 g/mol. The van der Waals surface area contributed by atoms with E-state index in [1.165, 1.54) is 11.1 Å². The van der Waals surface area contributed by atoms with Crippen LogP contribution in [-0.4, -0.2) is 29.4 Å². The van der Waals surface area contributed by atoms with Gasteiger partial charge in [-0.15, -0.1) is 0 Å². The van der Waals surface area contributed by atoms with Crippen LogP contribution in [0.1, 0.15) is 18.5 Å². The average Bonchev–Trinajstić information content (AvgIpc) is 3.36. The molecule has 2 amide bonds. The second-order valence-electron chi connectivity index (χ2n) is 7.89. The van der Waals surface area contributed by atoms with Crippen LogP contribution in [0.5, 0.6) is 5.75 Å². The minimum absolute atomic E-state index is 0.147. The zero-order chi connectivity index (χ0) is 23.8. The van der Waals surface area contributed by atoms with E-state index in [9.17, 15) is 19.7 Å². The number of anilines is 2. The molecule has 172 valence electrons. The molecule has 9 heteroatoms. The molecule has 2 fully saturated rings. The summed E-state index contributed by atoms with van der Waals surface area (Å²) in [7, 11) is 0. The standard InChI is InChI=1S/C25H21N3O6/c1-2-33-20-15-9-8-14-19(20)26-24(29)21-22(17-12-6-7-13-18(17)28(31)32)27(34-23(21)25(26)30)16-10-4-3-5-11-16/h3-15,21-23H,2H2,1H3. The molecule has 0 radical (unpaired) electrons. The van der Waals surface area contributed by atoms with Crippen LogP contribution in [0.15, 0.2) is 78.9 Å². The van der Waals surface area contributed by atoms with Gasteiger partial charge >= 0.3 is 0 Å². The first-order valence-electron chi connectivity index (χ1n) is 10.9. The monoisotopic (exact) mass is 459 g/mol. The third kappa shape index (κ3) is 3.37. The van der Waals surface area contributed by atoms with E-state index < -0.39 is 34.8 Å². The molecule has 0 spiro atoms. The second-order valence-corrected chi connectivity index (χ2v) is 7.89. The Morgan fingerprint density at radius 2 is 1.62 bits per heavy atom. The summed E-state index contributed by atoms with van der Waals surface area (Å²) in [6.07, 6.45) is -1.13. The second kappa shape index (κ2) is 8.60. The molecule has 2 aliphatic rings. The van der Waals surface area contributed by atoms with Crippen LogP contribution in [0.4, 0.5) is 17.1 Å². The largest absolute Gasteiger partial charge is 0.492 e. The Morgan fingerprint density at radius 3 is 2.35 bits per heavy atom. The van der Waals surface area contributed by atoms with E-state index in [0.29, 0.717) is 29.3 Å². The molecule has 34 heavy (non-hydrogen) atoms. The summed E-state index contributed by atoms with van der Waals surface area (Å²) in [5, 5.41) is 13.3. The summed E-state index contributed by atoms with van der Waals surface area (Å²) in [6.45, 7) is 2.17. The number of hydrogen-bond acceptors (Lipinski definition) is 7. The number of para-hydroxylation sites is 4. The van der Waals surface area contributed by atoms with Crippen molar-refractivity contribution in [3.63, 3.8) is 0 Å². The third-order valence-corrected chi connectivity index (χ3v) is 5.98. The number of ether oxygens (including phenoxy) is 1. The number of rotatable bonds is 6. The zero-order valence-electron chi connectivity index (χ0n) is 18.2. The molecule has 0 saturated carbocycles. The number of imide groups is 1. The van der Waals surface area contributed by atoms with Crippen LogP contribution in [0.2, 0.25) is 0 Å². The third-order valence-electron chi connectivity index (χ3n) is 5.98. The fourth-order valence-electron chi connectivity index (χ4n) is 4.59. The van der Waals surface area contributed by atoms with Gasteiger partial charge in [0.25, 0.3) is 11.6 Å². The van der Waals surface area contributed by atoms with Gasteiger partial charge in [-0.1, -0.05) is 42.5 Å². The molecule has 0 aromatic heterocycles. The topological polar surface area (TPSA) is 102 Å². The van der Waals surface area contributed by atoms with E-state index in [1.54, 1.807) is 66.7 Å². The molecule has 2 aliphatic heterocycles. The number of carbonyl (C=O) groups excluding carboxylic acids is 2. The Hall–Kier alpha value is -4.24. The summed E-state index contributed by atoms with van der Waals surface area (Å²) in [6, 6.07) is 21.0. The minimum Gasteiger partial charge on any atom is -0.492 e. The van der Waals surface area contributed by atoms with Gasteiger partial charge in [0.15, 0.2) is 6.10 Å². The summed E-state index contributed by atoms with van der Waals surface area (Å²) < 4.78 is 5.63. The number of fused-ring (bicyclic) bond motifs is 1. The molecule has 5 rings (SSSR count). The van der Waals surface area contributed by atoms with E-state index in [4.69, 9.17) is 9.57 Å². The highest BCUT2D eigenvalue weighted by Gasteiger charge is 2.61. The van der Waals surface area contributed by atoms with Crippen LogP contribution >= 0.6 is 0 Å². The number of benzene rings is 3. The maximum atomic E-state index is 13.8. The number of nitrogens with zero attached hydrogens (tertiary/aromatic N) is 3. The zero-order valence-corrected chi connectivity index (χ0v) is 18.2. The maximum absolute atomic E-state index is 13.8. The van der Waals surface area contributed by atoms with E-state index >= 15 is 0 Å². The smallest absolute Gasteiger partial charge is 0.274 e. The van der Waals surface area contributed by atoms with Gasteiger partial charge < -0.3 is 4.74 Å². The summed E-state index contributed by atoms with van der Waals surface area (Å²) >= 11 is 0. The number of hydroxylamine groups is 1. The predicted octanol–water partition coefficient (Wildman–Crippen LogP) is 4.04. The minimum atomic E-state index is -1.13. The first kappa shape index (κ1) is 21.6. The lowest BCUT2D eigenvalue weighted by Gasteiger charge is -2.28. The van der Waals surface area contributed by atoms with Crippen LogP contribution < -0.4 is 14.7 Å². The lowest BCUT2D eigenvalue weighted by molar-refractivity contribution is -0.385. The van der Waals surface area contributed by atoms with Gasteiger partial charge in [-0.05, 0) is 37.3 Å². The van der Waals surface area contributed by atoms with Gasteiger partial charge in [-0.3, -0.25) is 24.5 Å². The molecular formula is C25H21N3O6. The number of amides is 2. The quantitative estimate of drug-likeness (QED) is 0.311. The Labute approximate surface area is 195 Å². The van der Waals surface area contributed by atoms with Crippen molar-refractivity contribution in [2.75, 3.05) is 16.6 Å². The summed E-state index contributed by atoms with van der Waals surface area (Å²) in [4.78, 5) is 45.7. The molecule has 3 aromatic rings. The van der Waals surface area contributed by atoms with Crippen molar-refractivity contribution < 1.29 is 24.1 Å². The van der Waals surface area contributed by atoms with E-state index in [-0.39, 0.29) is 5.69 Å². The van der Waals surface area contributed by atoms with Gasteiger partial charge in [0.2, 0.25) is 5.91 Å². The van der Waals surface area contributed by atoms with Crippen molar-refractivity contribution >= 4 is 28.9 Å². The lowest BCUT2D eigenvalue weighted by Crippen LogP contribution is -2.37. The van der Waals surface area contributed by atoms with E-state index in [2.05, 4.69) is 0 Å². The molecule has 0 N–H and O–H groups in total. The molecule has 3 atom stereocenters. The fourth-order valence-corrected chi connectivity index (χ4v) is 4.59. The van der Waals surface area contributed by atoms with Crippen LogP contribution in [0.25, 0.3) is 0 Å². The summed E-state index contributed by atoms with van der Waals surface area (Å²) in [5.41, 5.74) is 1.06. The van der Waals surface area contributed by atoms with Crippen molar-refractivity contribution in [3.05, 3.63) is 94.5 Å². The van der Waals surface area contributed by atoms with Crippen LogP contribution in [0.3, 0.4) is 0 Å².